The molecule has 20 heavy (non-hydrogen) atoms. The first-order valence-corrected chi connectivity index (χ1v) is 7.25. The number of hydrogen-bond donors (Lipinski definition) is 0. The molecule has 2 heterocycles. The largest absolute Gasteiger partial charge is 0.343 e. The first-order valence-electron chi connectivity index (χ1n) is 7.25. The van der Waals surface area contributed by atoms with E-state index in [2.05, 4.69) is 28.9 Å². The molecule has 0 aliphatic carbocycles. The van der Waals surface area contributed by atoms with Gasteiger partial charge in [-0.05, 0) is 12.8 Å². The summed E-state index contributed by atoms with van der Waals surface area (Å²) >= 11 is 0. The van der Waals surface area contributed by atoms with Crippen molar-refractivity contribution in [1.82, 2.24) is 19.9 Å². The van der Waals surface area contributed by atoms with Gasteiger partial charge in [0.25, 0.3) is 0 Å². The lowest BCUT2D eigenvalue weighted by Gasteiger charge is -2.35. The number of carbonyl (C=O) groups is 1. The van der Waals surface area contributed by atoms with Gasteiger partial charge in [-0.15, -0.1) is 0 Å². The van der Waals surface area contributed by atoms with Crippen molar-refractivity contribution in [3.8, 4) is 0 Å². The molecule has 0 spiro atoms. The van der Waals surface area contributed by atoms with Crippen LogP contribution < -0.4 is 0 Å². The van der Waals surface area contributed by atoms with Gasteiger partial charge in [-0.25, -0.2) is 0 Å². The van der Waals surface area contributed by atoms with Crippen molar-refractivity contribution in [3.63, 3.8) is 0 Å². The fourth-order valence-corrected chi connectivity index (χ4v) is 2.48. The van der Waals surface area contributed by atoms with Crippen molar-refractivity contribution in [2.75, 3.05) is 20.1 Å². The lowest BCUT2D eigenvalue weighted by Crippen LogP contribution is -2.44. The maximum Gasteiger partial charge on any atom is 0.240 e. The van der Waals surface area contributed by atoms with Gasteiger partial charge >= 0.3 is 0 Å². The van der Waals surface area contributed by atoms with Crippen molar-refractivity contribution in [2.45, 2.75) is 52.1 Å². The summed E-state index contributed by atoms with van der Waals surface area (Å²) in [6.07, 6.45) is 2.00. The number of amides is 1. The molecule has 2 rings (SSSR count). The Balaban J connectivity index is 1.83. The molecule has 0 atom stereocenters. The van der Waals surface area contributed by atoms with E-state index in [-0.39, 0.29) is 5.91 Å². The summed E-state index contributed by atoms with van der Waals surface area (Å²) in [6, 6.07) is 0.359. The Bertz CT molecular complexity index is 450. The van der Waals surface area contributed by atoms with E-state index in [1.54, 1.807) is 6.92 Å². The number of piperidine rings is 1. The van der Waals surface area contributed by atoms with Crippen LogP contribution in [0.1, 0.15) is 51.2 Å². The molecule has 0 unspecified atom stereocenters. The van der Waals surface area contributed by atoms with Gasteiger partial charge in [0.1, 0.15) is 0 Å². The molecule has 1 aromatic heterocycles. The van der Waals surface area contributed by atoms with Gasteiger partial charge < -0.3 is 9.42 Å². The van der Waals surface area contributed by atoms with Gasteiger partial charge in [0.2, 0.25) is 11.8 Å². The Morgan fingerprint density at radius 3 is 2.60 bits per heavy atom. The zero-order valence-electron chi connectivity index (χ0n) is 12.8. The highest BCUT2D eigenvalue weighted by Crippen LogP contribution is 2.18. The Morgan fingerprint density at radius 2 is 2.10 bits per heavy atom. The lowest BCUT2D eigenvalue weighted by molar-refractivity contribution is -0.130. The number of rotatable bonds is 4. The second-order valence-corrected chi connectivity index (χ2v) is 5.84. The van der Waals surface area contributed by atoms with E-state index in [9.17, 15) is 4.79 Å². The third-order valence-corrected chi connectivity index (χ3v) is 3.96. The highest BCUT2D eigenvalue weighted by atomic mass is 16.5. The quantitative estimate of drug-likeness (QED) is 0.839. The summed E-state index contributed by atoms with van der Waals surface area (Å²) in [6.45, 7) is 8.35. The maximum atomic E-state index is 11.4. The van der Waals surface area contributed by atoms with Gasteiger partial charge in [-0.3, -0.25) is 9.69 Å². The highest BCUT2D eigenvalue weighted by Gasteiger charge is 2.24. The summed E-state index contributed by atoms with van der Waals surface area (Å²) in [5.41, 5.74) is 0. The minimum Gasteiger partial charge on any atom is -0.343 e. The molecule has 1 aromatic rings. The van der Waals surface area contributed by atoms with Gasteiger partial charge in [0.05, 0.1) is 6.54 Å². The Morgan fingerprint density at radius 1 is 1.45 bits per heavy atom. The maximum absolute atomic E-state index is 11.4. The molecule has 1 amide bonds. The Kier molecular flexibility index (Phi) is 4.75. The average molecular weight is 280 g/mol. The summed E-state index contributed by atoms with van der Waals surface area (Å²) in [5, 5.41) is 3.98. The van der Waals surface area contributed by atoms with Gasteiger partial charge in [0.15, 0.2) is 5.82 Å². The standard InChI is InChI=1S/C14H24N4O2/c1-10(2)14-15-13(20-16-14)9-18-7-5-12(6-8-18)17(4)11(3)19/h10,12H,5-9H2,1-4H3. The van der Waals surface area contributed by atoms with Crippen molar-refractivity contribution in [3.05, 3.63) is 11.7 Å². The van der Waals surface area contributed by atoms with E-state index in [0.717, 1.165) is 31.8 Å². The van der Waals surface area contributed by atoms with E-state index in [4.69, 9.17) is 4.52 Å². The molecular formula is C14H24N4O2. The van der Waals surface area contributed by atoms with Crippen molar-refractivity contribution in [1.29, 1.82) is 0 Å². The second-order valence-electron chi connectivity index (χ2n) is 5.84. The minimum absolute atomic E-state index is 0.141. The predicted molar refractivity (Wildman–Crippen MR) is 75.1 cm³/mol. The first kappa shape index (κ1) is 15.0. The number of carbonyl (C=O) groups excluding carboxylic acids is 1. The molecule has 6 nitrogen and oxygen atoms in total. The van der Waals surface area contributed by atoms with Crippen LogP contribution in [0.2, 0.25) is 0 Å². The third-order valence-electron chi connectivity index (χ3n) is 3.96. The number of nitrogens with zero attached hydrogens (tertiary/aromatic N) is 4. The van der Waals surface area contributed by atoms with Crippen LogP contribution in [-0.2, 0) is 11.3 Å². The van der Waals surface area contributed by atoms with Crippen LogP contribution in [0.3, 0.4) is 0 Å². The summed E-state index contributed by atoms with van der Waals surface area (Å²) in [5.74, 6) is 1.89. The normalized spacial score (nSPS) is 17.6. The third kappa shape index (κ3) is 3.56. The Hall–Kier alpha value is -1.43. The molecule has 1 saturated heterocycles. The van der Waals surface area contributed by atoms with Crippen LogP contribution in [0, 0.1) is 0 Å². The molecule has 1 fully saturated rings. The molecule has 6 heteroatoms. The zero-order valence-corrected chi connectivity index (χ0v) is 12.8. The molecule has 0 bridgehead atoms. The lowest BCUT2D eigenvalue weighted by atomic mass is 10.0. The summed E-state index contributed by atoms with van der Waals surface area (Å²) in [4.78, 5) is 19.9. The fourth-order valence-electron chi connectivity index (χ4n) is 2.48. The van der Waals surface area contributed by atoms with Crippen molar-refractivity contribution < 1.29 is 9.32 Å². The average Bonchev–Trinajstić information content (AvgIpc) is 2.87. The van der Waals surface area contributed by atoms with Crippen LogP contribution in [0.25, 0.3) is 0 Å². The monoisotopic (exact) mass is 280 g/mol. The van der Waals surface area contributed by atoms with Crippen LogP contribution in [0.5, 0.6) is 0 Å². The van der Waals surface area contributed by atoms with Gasteiger partial charge in [0, 0.05) is 39.0 Å². The molecule has 0 aromatic carbocycles. The van der Waals surface area contributed by atoms with Crippen LogP contribution in [-0.4, -0.2) is 52.0 Å². The van der Waals surface area contributed by atoms with E-state index >= 15 is 0 Å². The van der Waals surface area contributed by atoms with Crippen LogP contribution in [0.15, 0.2) is 4.52 Å². The molecule has 1 aliphatic rings. The van der Waals surface area contributed by atoms with E-state index in [0.29, 0.717) is 24.4 Å². The predicted octanol–water partition coefficient (Wildman–Crippen LogP) is 1.64. The van der Waals surface area contributed by atoms with Gasteiger partial charge in [-0.1, -0.05) is 19.0 Å². The number of aromatic nitrogens is 2. The second kappa shape index (κ2) is 6.35. The van der Waals surface area contributed by atoms with E-state index < -0.39 is 0 Å². The summed E-state index contributed by atoms with van der Waals surface area (Å²) < 4.78 is 5.27. The van der Waals surface area contributed by atoms with Crippen LogP contribution >= 0.6 is 0 Å². The molecule has 0 N–H and O–H groups in total. The fraction of sp³-hybridized carbons (Fsp3) is 0.786. The minimum atomic E-state index is 0.141. The zero-order chi connectivity index (χ0) is 14.7. The molecule has 0 radical (unpaired) electrons. The number of likely N-dealkylation sites (tertiary alicyclic amines) is 1. The molecule has 0 saturated carbocycles. The van der Waals surface area contributed by atoms with E-state index in [1.807, 2.05) is 11.9 Å². The van der Waals surface area contributed by atoms with Crippen molar-refractivity contribution in [2.24, 2.45) is 0 Å². The van der Waals surface area contributed by atoms with Crippen molar-refractivity contribution >= 4 is 5.91 Å². The van der Waals surface area contributed by atoms with Crippen LogP contribution in [0.4, 0.5) is 0 Å². The molecular weight excluding hydrogens is 256 g/mol. The smallest absolute Gasteiger partial charge is 0.240 e. The number of hydrogen-bond acceptors (Lipinski definition) is 5. The summed E-state index contributed by atoms with van der Waals surface area (Å²) in [7, 11) is 1.88. The van der Waals surface area contributed by atoms with E-state index in [1.165, 1.54) is 0 Å². The first-order chi connectivity index (χ1) is 9.47. The SMILES string of the molecule is CC(=O)N(C)C1CCN(Cc2nc(C(C)C)no2)CC1. The Labute approximate surface area is 120 Å². The topological polar surface area (TPSA) is 62.5 Å². The highest BCUT2D eigenvalue weighted by molar-refractivity contribution is 5.73. The van der Waals surface area contributed by atoms with Gasteiger partial charge in [-0.2, -0.15) is 4.98 Å². The molecule has 1 aliphatic heterocycles. The molecule has 112 valence electrons.